The highest BCUT2D eigenvalue weighted by molar-refractivity contribution is 5.79. The van der Waals surface area contributed by atoms with E-state index in [0.717, 1.165) is 11.8 Å². The second kappa shape index (κ2) is 9.19. The molecule has 0 aliphatic heterocycles. The Kier molecular flexibility index (Phi) is 6.45. The molecule has 1 N–H and O–H groups in total. The first kappa shape index (κ1) is 19.6. The summed E-state index contributed by atoms with van der Waals surface area (Å²) in [6.07, 6.45) is 0.846. The standard InChI is InChI=1S/C22H24N2O4/c1-24(2)18(12-16-6-4-3-5-7-16)14-23-21(25)15-27-19-10-8-17-9-11-22(26)28-20(17)13-19/h3-11,13,18H,12,14-15H2,1-2H3,(H,23,25). The molecule has 28 heavy (non-hydrogen) atoms. The van der Waals surface area contributed by atoms with Gasteiger partial charge in [0.15, 0.2) is 6.61 Å². The number of ether oxygens (including phenoxy) is 1. The summed E-state index contributed by atoms with van der Waals surface area (Å²) in [4.78, 5) is 25.6. The van der Waals surface area contributed by atoms with Crippen LogP contribution in [0, 0.1) is 0 Å². The molecule has 1 atom stereocenters. The number of benzene rings is 2. The predicted molar refractivity (Wildman–Crippen MR) is 109 cm³/mol. The van der Waals surface area contributed by atoms with Gasteiger partial charge in [-0.05, 0) is 44.3 Å². The number of carbonyl (C=O) groups is 1. The van der Waals surface area contributed by atoms with Gasteiger partial charge in [-0.25, -0.2) is 4.79 Å². The minimum absolute atomic E-state index is 0.103. The van der Waals surface area contributed by atoms with Crippen molar-refractivity contribution in [2.75, 3.05) is 27.2 Å². The van der Waals surface area contributed by atoms with Crippen LogP contribution >= 0.6 is 0 Å². The van der Waals surface area contributed by atoms with Crippen molar-refractivity contribution in [3.8, 4) is 5.75 Å². The van der Waals surface area contributed by atoms with Gasteiger partial charge in [0.05, 0.1) is 0 Å². The molecule has 0 radical (unpaired) electrons. The van der Waals surface area contributed by atoms with E-state index in [-0.39, 0.29) is 18.6 Å². The van der Waals surface area contributed by atoms with Crippen LogP contribution in [-0.2, 0) is 11.2 Å². The molecule has 3 aromatic rings. The number of hydrogen-bond acceptors (Lipinski definition) is 5. The highest BCUT2D eigenvalue weighted by atomic mass is 16.5. The van der Waals surface area contributed by atoms with Crippen molar-refractivity contribution in [3.63, 3.8) is 0 Å². The lowest BCUT2D eigenvalue weighted by molar-refractivity contribution is -0.123. The number of carbonyl (C=O) groups excluding carboxylic acids is 1. The van der Waals surface area contributed by atoms with Gasteiger partial charge < -0.3 is 19.4 Å². The van der Waals surface area contributed by atoms with Crippen LogP contribution in [0.3, 0.4) is 0 Å². The van der Waals surface area contributed by atoms with Gasteiger partial charge in [-0.2, -0.15) is 0 Å². The van der Waals surface area contributed by atoms with E-state index < -0.39 is 5.63 Å². The third kappa shape index (κ3) is 5.44. The second-order valence-corrected chi connectivity index (χ2v) is 6.85. The fourth-order valence-corrected chi connectivity index (χ4v) is 2.89. The molecule has 0 saturated heterocycles. The Labute approximate surface area is 163 Å². The van der Waals surface area contributed by atoms with Crippen molar-refractivity contribution in [1.29, 1.82) is 0 Å². The molecule has 1 unspecified atom stereocenters. The van der Waals surface area contributed by atoms with Gasteiger partial charge in [0.25, 0.3) is 5.91 Å². The summed E-state index contributed by atoms with van der Waals surface area (Å²) >= 11 is 0. The first-order valence-corrected chi connectivity index (χ1v) is 9.15. The van der Waals surface area contributed by atoms with Gasteiger partial charge >= 0.3 is 5.63 Å². The molecular formula is C22H24N2O4. The Morgan fingerprint density at radius 2 is 1.86 bits per heavy atom. The van der Waals surface area contributed by atoms with Crippen LogP contribution in [0.1, 0.15) is 5.56 Å². The molecule has 146 valence electrons. The Morgan fingerprint density at radius 1 is 1.11 bits per heavy atom. The summed E-state index contributed by atoms with van der Waals surface area (Å²) in [6, 6.07) is 18.6. The minimum atomic E-state index is -0.421. The van der Waals surface area contributed by atoms with E-state index in [9.17, 15) is 9.59 Å². The first-order valence-electron chi connectivity index (χ1n) is 9.15. The molecule has 0 bridgehead atoms. The zero-order chi connectivity index (χ0) is 19.9. The summed E-state index contributed by atoms with van der Waals surface area (Å²) < 4.78 is 10.7. The van der Waals surface area contributed by atoms with Crippen molar-refractivity contribution in [2.24, 2.45) is 0 Å². The quantitative estimate of drug-likeness (QED) is 0.608. The fraction of sp³-hybridized carbons (Fsp3) is 0.273. The van der Waals surface area contributed by atoms with E-state index in [1.807, 2.05) is 32.3 Å². The van der Waals surface area contributed by atoms with Crippen molar-refractivity contribution < 1.29 is 13.9 Å². The lowest BCUT2D eigenvalue weighted by Gasteiger charge is -2.24. The molecule has 2 aromatic carbocycles. The van der Waals surface area contributed by atoms with Gasteiger partial charge in [0, 0.05) is 30.1 Å². The molecule has 0 aliphatic rings. The smallest absolute Gasteiger partial charge is 0.336 e. The van der Waals surface area contributed by atoms with Gasteiger partial charge in [0.1, 0.15) is 11.3 Å². The number of amides is 1. The van der Waals surface area contributed by atoms with E-state index in [2.05, 4.69) is 22.3 Å². The summed E-state index contributed by atoms with van der Waals surface area (Å²) in [7, 11) is 4.00. The highest BCUT2D eigenvalue weighted by Crippen LogP contribution is 2.19. The molecule has 1 aromatic heterocycles. The maximum Gasteiger partial charge on any atom is 0.336 e. The van der Waals surface area contributed by atoms with E-state index >= 15 is 0 Å². The molecule has 6 heteroatoms. The Morgan fingerprint density at radius 3 is 2.61 bits per heavy atom. The molecule has 0 spiro atoms. The van der Waals surface area contributed by atoms with Gasteiger partial charge in [-0.3, -0.25) is 4.79 Å². The maximum absolute atomic E-state index is 12.2. The lowest BCUT2D eigenvalue weighted by atomic mass is 10.1. The van der Waals surface area contributed by atoms with Crippen molar-refractivity contribution in [2.45, 2.75) is 12.5 Å². The topological polar surface area (TPSA) is 71.8 Å². The van der Waals surface area contributed by atoms with Gasteiger partial charge in [-0.1, -0.05) is 30.3 Å². The monoisotopic (exact) mass is 380 g/mol. The summed E-state index contributed by atoms with van der Waals surface area (Å²) in [5, 5.41) is 3.72. The average Bonchev–Trinajstić information content (AvgIpc) is 2.69. The number of nitrogens with one attached hydrogen (secondary N) is 1. The van der Waals surface area contributed by atoms with Gasteiger partial charge in [-0.15, -0.1) is 0 Å². The summed E-state index contributed by atoms with van der Waals surface area (Å²) in [6.45, 7) is 0.421. The predicted octanol–water partition coefficient (Wildman–Crippen LogP) is 2.46. The van der Waals surface area contributed by atoms with E-state index in [1.54, 1.807) is 24.3 Å². The molecular weight excluding hydrogens is 356 g/mol. The molecule has 1 heterocycles. The second-order valence-electron chi connectivity index (χ2n) is 6.85. The number of hydrogen-bond donors (Lipinski definition) is 1. The van der Waals surface area contributed by atoms with E-state index in [0.29, 0.717) is 17.9 Å². The number of fused-ring (bicyclic) bond motifs is 1. The van der Waals surface area contributed by atoms with E-state index in [4.69, 9.17) is 9.15 Å². The van der Waals surface area contributed by atoms with E-state index in [1.165, 1.54) is 11.6 Å². The first-order chi connectivity index (χ1) is 13.5. The Balaban J connectivity index is 1.52. The summed E-state index contributed by atoms with van der Waals surface area (Å²) in [5.74, 6) is 0.278. The van der Waals surface area contributed by atoms with Gasteiger partial charge in [0.2, 0.25) is 0 Å². The third-order valence-corrected chi connectivity index (χ3v) is 4.54. The fourth-order valence-electron chi connectivity index (χ4n) is 2.89. The van der Waals surface area contributed by atoms with Crippen LogP contribution in [0.2, 0.25) is 0 Å². The number of likely N-dealkylation sites (N-methyl/N-ethyl adjacent to an activating group) is 1. The third-order valence-electron chi connectivity index (χ3n) is 4.54. The largest absolute Gasteiger partial charge is 0.484 e. The minimum Gasteiger partial charge on any atom is -0.484 e. The van der Waals surface area contributed by atoms with Crippen LogP contribution in [-0.4, -0.2) is 44.1 Å². The molecule has 3 rings (SSSR count). The molecule has 0 aliphatic carbocycles. The summed E-state index contributed by atoms with van der Waals surface area (Å²) in [5.41, 5.74) is 1.24. The maximum atomic E-state index is 12.2. The zero-order valence-corrected chi connectivity index (χ0v) is 16.1. The molecule has 6 nitrogen and oxygen atoms in total. The van der Waals surface area contributed by atoms with Crippen molar-refractivity contribution in [1.82, 2.24) is 10.2 Å². The normalized spacial score (nSPS) is 12.1. The molecule has 0 fully saturated rings. The number of nitrogens with zero attached hydrogens (tertiary/aromatic N) is 1. The lowest BCUT2D eigenvalue weighted by Crippen LogP contribution is -2.42. The average molecular weight is 380 g/mol. The Hall–Kier alpha value is -3.12. The molecule has 0 saturated carbocycles. The van der Waals surface area contributed by atoms with Crippen LogP contribution in [0.4, 0.5) is 0 Å². The van der Waals surface area contributed by atoms with Crippen LogP contribution in [0.5, 0.6) is 5.75 Å². The Bertz CT molecular complexity index is 982. The molecule has 1 amide bonds. The van der Waals surface area contributed by atoms with Crippen LogP contribution in [0.15, 0.2) is 69.9 Å². The SMILES string of the molecule is CN(C)C(CNC(=O)COc1ccc2ccc(=O)oc2c1)Cc1ccccc1. The zero-order valence-electron chi connectivity index (χ0n) is 16.1. The number of rotatable bonds is 8. The van der Waals surface area contributed by atoms with Crippen molar-refractivity contribution in [3.05, 3.63) is 76.6 Å². The highest BCUT2D eigenvalue weighted by Gasteiger charge is 2.14. The van der Waals surface area contributed by atoms with Crippen LogP contribution < -0.4 is 15.7 Å². The van der Waals surface area contributed by atoms with Crippen molar-refractivity contribution >= 4 is 16.9 Å². The van der Waals surface area contributed by atoms with Crippen LogP contribution in [0.25, 0.3) is 11.0 Å².